The van der Waals surface area contributed by atoms with Gasteiger partial charge in [0.15, 0.2) is 0 Å². The monoisotopic (exact) mass is 249 g/mol. The molecule has 18 heavy (non-hydrogen) atoms. The molecule has 0 bridgehead atoms. The van der Waals surface area contributed by atoms with Gasteiger partial charge in [-0.1, -0.05) is 18.2 Å². The Bertz CT molecular complexity index is 419. The number of anilines is 1. The number of nitrogens with one attached hydrogen (secondary N) is 1. The Labute approximate surface area is 107 Å². The molecule has 0 aromatic heterocycles. The summed E-state index contributed by atoms with van der Waals surface area (Å²) in [5, 5.41) is 12.4. The van der Waals surface area contributed by atoms with Crippen LogP contribution in [0.25, 0.3) is 0 Å². The maximum absolute atomic E-state index is 11.0. The molecule has 0 aliphatic heterocycles. The van der Waals surface area contributed by atoms with Gasteiger partial charge in [-0.3, -0.25) is 4.79 Å². The van der Waals surface area contributed by atoms with Crippen molar-refractivity contribution in [1.82, 2.24) is 0 Å². The minimum absolute atomic E-state index is 0.0613. The standard InChI is InChI=1S/C14H19NO3/c1-18-9-8-10-4-2-3-5-12(10)15-13-7-6-11(13)14(16)17/h2-5,11,13,15H,6-9H2,1H3,(H,16,17). The quantitative estimate of drug-likeness (QED) is 0.811. The van der Waals surface area contributed by atoms with Gasteiger partial charge in [0, 0.05) is 18.8 Å². The fourth-order valence-electron chi connectivity index (χ4n) is 2.26. The van der Waals surface area contributed by atoms with Crippen LogP contribution >= 0.6 is 0 Å². The molecule has 1 fully saturated rings. The van der Waals surface area contributed by atoms with E-state index in [2.05, 4.69) is 11.4 Å². The van der Waals surface area contributed by atoms with E-state index >= 15 is 0 Å². The molecule has 2 atom stereocenters. The van der Waals surface area contributed by atoms with Crippen molar-refractivity contribution in [2.24, 2.45) is 5.92 Å². The highest BCUT2D eigenvalue weighted by Gasteiger charge is 2.36. The summed E-state index contributed by atoms with van der Waals surface area (Å²) in [6.45, 7) is 0.672. The molecule has 1 saturated carbocycles. The molecule has 0 amide bonds. The lowest BCUT2D eigenvalue weighted by Crippen LogP contribution is -2.43. The normalized spacial score (nSPS) is 22.3. The SMILES string of the molecule is COCCc1ccccc1NC1CCC1C(=O)O. The largest absolute Gasteiger partial charge is 0.481 e. The van der Waals surface area contributed by atoms with E-state index in [1.54, 1.807) is 7.11 Å². The van der Waals surface area contributed by atoms with E-state index in [1.807, 2.05) is 18.2 Å². The predicted molar refractivity (Wildman–Crippen MR) is 69.8 cm³/mol. The summed E-state index contributed by atoms with van der Waals surface area (Å²) < 4.78 is 5.08. The highest BCUT2D eigenvalue weighted by Crippen LogP contribution is 2.31. The molecule has 0 heterocycles. The Morgan fingerprint density at radius 2 is 2.22 bits per heavy atom. The average Bonchev–Trinajstić information content (AvgIpc) is 2.32. The lowest BCUT2D eigenvalue weighted by molar-refractivity contribution is -0.144. The number of para-hydroxylation sites is 1. The second-order valence-electron chi connectivity index (χ2n) is 4.67. The molecule has 0 spiro atoms. The van der Waals surface area contributed by atoms with Gasteiger partial charge in [-0.15, -0.1) is 0 Å². The second-order valence-corrected chi connectivity index (χ2v) is 4.67. The van der Waals surface area contributed by atoms with Crippen LogP contribution in [0, 0.1) is 5.92 Å². The van der Waals surface area contributed by atoms with E-state index < -0.39 is 5.97 Å². The summed E-state index contributed by atoms with van der Waals surface area (Å²) in [5.74, 6) is -0.950. The number of carbonyl (C=O) groups is 1. The average molecular weight is 249 g/mol. The predicted octanol–water partition coefficient (Wildman–Crippen LogP) is 2.15. The Morgan fingerprint density at radius 3 is 2.83 bits per heavy atom. The molecule has 2 N–H and O–H groups in total. The zero-order valence-electron chi connectivity index (χ0n) is 10.6. The summed E-state index contributed by atoms with van der Waals surface area (Å²) in [6.07, 6.45) is 2.53. The van der Waals surface area contributed by atoms with Crippen molar-refractivity contribution in [3.63, 3.8) is 0 Å². The van der Waals surface area contributed by atoms with Crippen molar-refractivity contribution in [1.29, 1.82) is 0 Å². The number of rotatable bonds is 6. The lowest BCUT2D eigenvalue weighted by atomic mass is 9.79. The van der Waals surface area contributed by atoms with Gasteiger partial charge in [-0.25, -0.2) is 0 Å². The van der Waals surface area contributed by atoms with Gasteiger partial charge < -0.3 is 15.2 Å². The lowest BCUT2D eigenvalue weighted by Gasteiger charge is -2.35. The Hall–Kier alpha value is -1.55. The molecule has 2 rings (SSSR count). The molecule has 98 valence electrons. The minimum Gasteiger partial charge on any atom is -0.481 e. The van der Waals surface area contributed by atoms with Gasteiger partial charge in [0.2, 0.25) is 0 Å². The number of hydrogen-bond donors (Lipinski definition) is 2. The molecule has 1 aliphatic carbocycles. The topological polar surface area (TPSA) is 58.6 Å². The number of ether oxygens (including phenoxy) is 1. The summed E-state index contributed by atoms with van der Waals surface area (Å²) in [5.41, 5.74) is 2.21. The summed E-state index contributed by atoms with van der Waals surface area (Å²) in [7, 11) is 1.68. The smallest absolute Gasteiger partial charge is 0.308 e. The number of carboxylic acids is 1. The van der Waals surface area contributed by atoms with Crippen LogP contribution in [0.1, 0.15) is 18.4 Å². The first-order chi connectivity index (χ1) is 8.72. The first kappa shape index (κ1) is 12.9. The Kier molecular flexibility index (Phi) is 4.20. The molecule has 2 unspecified atom stereocenters. The van der Waals surface area contributed by atoms with Gasteiger partial charge in [0.25, 0.3) is 0 Å². The van der Waals surface area contributed by atoms with Crippen molar-refractivity contribution >= 4 is 11.7 Å². The third kappa shape index (κ3) is 2.82. The van der Waals surface area contributed by atoms with Gasteiger partial charge >= 0.3 is 5.97 Å². The van der Waals surface area contributed by atoms with Crippen LogP contribution in [0.15, 0.2) is 24.3 Å². The van der Waals surface area contributed by atoms with E-state index in [0.29, 0.717) is 6.61 Å². The Morgan fingerprint density at radius 1 is 1.44 bits per heavy atom. The van der Waals surface area contributed by atoms with Crippen molar-refractivity contribution in [2.45, 2.75) is 25.3 Å². The van der Waals surface area contributed by atoms with Crippen LogP contribution in [-0.4, -0.2) is 30.8 Å². The molecular formula is C14H19NO3. The number of methoxy groups -OCH3 is 1. The molecule has 4 nitrogen and oxygen atoms in total. The number of hydrogen-bond acceptors (Lipinski definition) is 3. The van der Waals surface area contributed by atoms with E-state index in [1.165, 1.54) is 5.56 Å². The number of carboxylic acid groups (broad SMARTS) is 1. The maximum Gasteiger partial charge on any atom is 0.308 e. The van der Waals surface area contributed by atoms with Crippen molar-refractivity contribution in [3.05, 3.63) is 29.8 Å². The fourth-order valence-corrected chi connectivity index (χ4v) is 2.26. The van der Waals surface area contributed by atoms with Gasteiger partial charge in [0.05, 0.1) is 12.5 Å². The highest BCUT2D eigenvalue weighted by molar-refractivity contribution is 5.73. The maximum atomic E-state index is 11.0. The second kappa shape index (κ2) is 5.87. The van der Waals surface area contributed by atoms with Crippen LogP contribution in [0.5, 0.6) is 0 Å². The zero-order chi connectivity index (χ0) is 13.0. The Balaban J connectivity index is 2.02. The van der Waals surface area contributed by atoms with Crippen LogP contribution < -0.4 is 5.32 Å². The van der Waals surface area contributed by atoms with Crippen molar-refractivity contribution in [2.75, 3.05) is 19.0 Å². The van der Waals surface area contributed by atoms with Crippen molar-refractivity contribution < 1.29 is 14.6 Å². The van der Waals surface area contributed by atoms with E-state index in [0.717, 1.165) is 24.9 Å². The first-order valence-corrected chi connectivity index (χ1v) is 6.28. The third-order valence-corrected chi connectivity index (χ3v) is 3.53. The van der Waals surface area contributed by atoms with E-state index in [-0.39, 0.29) is 12.0 Å². The molecule has 0 radical (unpaired) electrons. The van der Waals surface area contributed by atoms with Crippen LogP contribution in [0.2, 0.25) is 0 Å². The summed E-state index contributed by atoms with van der Waals surface area (Å²) in [6, 6.07) is 8.07. The first-order valence-electron chi connectivity index (χ1n) is 6.28. The summed E-state index contributed by atoms with van der Waals surface area (Å²) >= 11 is 0. The fraction of sp³-hybridized carbons (Fsp3) is 0.500. The molecule has 1 aliphatic rings. The molecular weight excluding hydrogens is 230 g/mol. The van der Waals surface area contributed by atoms with Gasteiger partial charge in [-0.2, -0.15) is 0 Å². The third-order valence-electron chi connectivity index (χ3n) is 3.53. The zero-order valence-corrected chi connectivity index (χ0v) is 10.6. The van der Waals surface area contributed by atoms with Crippen LogP contribution in [0.3, 0.4) is 0 Å². The van der Waals surface area contributed by atoms with Crippen LogP contribution in [-0.2, 0) is 16.0 Å². The molecule has 4 heteroatoms. The van der Waals surface area contributed by atoms with Crippen molar-refractivity contribution in [3.8, 4) is 0 Å². The van der Waals surface area contributed by atoms with Gasteiger partial charge in [-0.05, 0) is 30.9 Å². The highest BCUT2D eigenvalue weighted by atomic mass is 16.5. The van der Waals surface area contributed by atoms with E-state index in [9.17, 15) is 4.79 Å². The van der Waals surface area contributed by atoms with Crippen LogP contribution in [0.4, 0.5) is 5.69 Å². The minimum atomic E-state index is -0.701. The number of benzene rings is 1. The molecule has 1 aromatic rings. The number of aliphatic carboxylic acids is 1. The van der Waals surface area contributed by atoms with E-state index in [4.69, 9.17) is 9.84 Å². The molecule has 1 aromatic carbocycles. The molecule has 0 saturated heterocycles. The van der Waals surface area contributed by atoms with Gasteiger partial charge in [0.1, 0.15) is 0 Å². The summed E-state index contributed by atoms with van der Waals surface area (Å²) in [4.78, 5) is 11.0.